The van der Waals surface area contributed by atoms with Crippen LogP contribution in [-0.4, -0.2) is 48.9 Å². The Balaban J connectivity index is 1.80. The van der Waals surface area contributed by atoms with E-state index in [-0.39, 0.29) is 11.8 Å². The number of likely N-dealkylation sites (N-methyl/N-ethyl adjacent to an activating group) is 1. The lowest BCUT2D eigenvalue weighted by Crippen LogP contribution is -2.43. The van der Waals surface area contributed by atoms with Crippen molar-refractivity contribution < 1.29 is 4.79 Å². The number of carbonyl (C=O) groups is 1. The van der Waals surface area contributed by atoms with Gasteiger partial charge in [-0.05, 0) is 18.2 Å². The topological polar surface area (TPSA) is 35.6 Å². The van der Waals surface area contributed by atoms with Crippen molar-refractivity contribution in [1.82, 2.24) is 15.1 Å². The molecule has 0 saturated carbocycles. The summed E-state index contributed by atoms with van der Waals surface area (Å²) in [5.74, 6) is 0.151. The van der Waals surface area contributed by atoms with Crippen LogP contribution in [0.4, 0.5) is 0 Å². The molecule has 1 aromatic carbocycles. The van der Waals surface area contributed by atoms with Crippen LogP contribution in [0.2, 0.25) is 0 Å². The molecule has 0 aliphatic carbocycles. The zero-order chi connectivity index (χ0) is 15.2. The molecule has 1 aliphatic rings. The van der Waals surface area contributed by atoms with Gasteiger partial charge in [0.2, 0.25) is 5.91 Å². The molecule has 0 aromatic heterocycles. The van der Waals surface area contributed by atoms with E-state index in [1.807, 2.05) is 13.8 Å². The molecule has 1 aliphatic heterocycles. The lowest BCUT2D eigenvalue weighted by Gasteiger charge is -2.32. The lowest BCUT2D eigenvalue weighted by molar-refractivity contribution is -0.124. The molecule has 21 heavy (non-hydrogen) atoms. The first-order valence-electron chi connectivity index (χ1n) is 7.81. The van der Waals surface area contributed by atoms with E-state index in [2.05, 4.69) is 46.4 Å². The molecule has 116 valence electrons. The quantitative estimate of drug-likeness (QED) is 0.896. The summed E-state index contributed by atoms with van der Waals surface area (Å²) < 4.78 is 0. The monoisotopic (exact) mass is 289 g/mol. The average molecular weight is 289 g/mol. The maximum atomic E-state index is 11.6. The average Bonchev–Trinajstić information content (AvgIpc) is 2.48. The highest BCUT2D eigenvalue weighted by Gasteiger charge is 2.13. The molecule has 1 N–H and O–H groups in total. The Bertz CT molecular complexity index is 448. The molecule has 1 amide bonds. The van der Waals surface area contributed by atoms with Crippen LogP contribution in [0.15, 0.2) is 24.3 Å². The SMILES string of the molecule is CC(C)C(=O)NCc1ccc(CN2CCN(C)CC2)cc1. The number of benzene rings is 1. The van der Waals surface area contributed by atoms with Gasteiger partial charge in [0.15, 0.2) is 0 Å². The van der Waals surface area contributed by atoms with Gasteiger partial charge in [-0.15, -0.1) is 0 Å². The van der Waals surface area contributed by atoms with Gasteiger partial charge in [0.1, 0.15) is 0 Å². The Morgan fingerprint density at radius 2 is 1.67 bits per heavy atom. The van der Waals surface area contributed by atoms with E-state index in [1.165, 1.54) is 5.56 Å². The van der Waals surface area contributed by atoms with Crippen LogP contribution < -0.4 is 5.32 Å². The fourth-order valence-corrected chi connectivity index (χ4v) is 2.42. The number of nitrogens with one attached hydrogen (secondary N) is 1. The Labute approximate surface area is 128 Å². The predicted molar refractivity (Wildman–Crippen MR) is 85.9 cm³/mol. The molecule has 2 rings (SSSR count). The maximum absolute atomic E-state index is 11.6. The van der Waals surface area contributed by atoms with Gasteiger partial charge in [-0.25, -0.2) is 0 Å². The summed E-state index contributed by atoms with van der Waals surface area (Å²) in [7, 11) is 2.18. The second-order valence-electron chi connectivity index (χ2n) is 6.27. The molecule has 0 atom stereocenters. The molecular weight excluding hydrogens is 262 g/mol. The highest BCUT2D eigenvalue weighted by atomic mass is 16.1. The van der Waals surface area contributed by atoms with Crippen molar-refractivity contribution in [3.05, 3.63) is 35.4 Å². The van der Waals surface area contributed by atoms with E-state index < -0.39 is 0 Å². The molecule has 1 saturated heterocycles. The number of hydrogen-bond donors (Lipinski definition) is 1. The van der Waals surface area contributed by atoms with Gasteiger partial charge in [0.05, 0.1) is 0 Å². The molecule has 1 fully saturated rings. The zero-order valence-corrected chi connectivity index (χ0v) is 13.4. The minimum absolute atomic E-state index is 0.0431. The third-order valence-electron chi connectivity index (χ3n) is 4.02. The predicted octanol–water partition coefficient (Wildman–Crippen LogP) is 1.71. The highest BCUT2D eigenvalue weighted by molar-refractivity contribution is 5.77. The van der Waals surface area contributed by atoms with Crippen LogP contribution >= 0.6 is 0 Å². The van der Waals surface area contributed by atoms with Crippen molar-refractivity contribution in [2.24, 2.45) is 5.92 Å². The van der Waals surface area contributed by atoms with Gasteiger partial charge >= 0.3 is 0 Å². The molecule has 0 spiro atoms. The summed E-state index contributed by atoms with van der Waals surface area (Å²) >= 11 is 0. The van der Waals surface area contributed by atoms with E-state index in [9.17, 15) is 4.79 Å². The van der Waals surface area contributed by atoms with Gasteiger partial charge in [-0.3, -0.25) is 9.69 Å². The van der Waals surface area contributed by atoms with Crippen LogP contribution in [0.1, 0.15) is 25.0 Å². The van der Waals surface area contributed by atoms with Crippen LogP contribution in [0.25, 0.3) is 0 Å². The van der Waals surface area contributed by atoms with E-state index in [0.717, 1.165) is 38.3 Å². The summed E-state index contributed by atoms with van der Waals surface area (Å²) in [5.41, 5.74) is 2.50. The number of amides is 1. The first-order valence-corrected chi connectivity index (χ1v) is 7.81. The van der Waals surface area contributed by atoms with E-state index in [4.69, 9.17) is 0 Å². The van der Waals surface area contributed by atoms with Crippen LogP contribution in [-0.2, 0) is 17.9 Å². The molecular formula is C17H27N3O. The lowest BCUT2D eigenvalue weighted by atomic mass is 10.1. The Morgan fingerprint density at radius 3 is 2.24 bits per heavy atom. The molecule has 4 nitrogen and oxygen atoms in total. The van der Waals surface area contributed by atoms with Crippen molar-refractivity contribution in [3.8, 4) is 0 Å². The van der Waals surface area contributed by atoms with Crippen LogP contribution in [0, 0.1) is 5.92 Å². The Hall–Kier alpha value is -1.39. The number of rotatable bonds is 5. The van der Waals surface area contributed by atoms with E-state index in [1.54, 1.807) is 0 Å². The second-order valence-corrected chi connectivity index (χ2v) is 6.27. The van der Waals surface area contributed by atoms with Crippen molar-refractivity contribution >= 4 is 5.91 Å². The number of nitrogens with zero attached hydrogens (tertiary/aromatic N) is 2. The number of carbonyl (C=O) groups excluding carboxylic acids is 1. The summed E-state index contributed by atoms with van der Waals surface area (Å²) in [6, 6.07) is 8.59. The van der Waals surface area contributed by atoms with Gasteiger partial charge in [-0.1, -0.05) is 38.1 Å². The first kappa shape index (κ1) is 16.0. The van der Waals surface area contributed by atoms with E-state index >= 15 is 0 Å². The molecule has 0 radical (unpaired) electrons. The summed E-state index contributed by atoms with van der Waals surface area (Å²) in [6.45, 7) is 10.0. The van der Waals surface area contributed by atoms with Crippen molar-refractivity contribution in [2.75, 3.05) is 33.2 Å². The molecule has 4 heteroatoms. The molecule has 1 aromatic rings. The van der Waals surface area contributed by atoms with Crippen molar-refractivity contribution in [1.29, 1.82) is 0 Å². The minimum atomic E-state index is 0.0431. The third kappa shape index (κ3) is 5.14. The zero-order valence-electron chi connectivity index (χ0n) is 13.4. The molecule has 0 bridgehead atoms. The van der Waals surface area contributed by atoms with Gasteiger partial charge in [-0.2, -0.15) is 0 Å². The third-order valence-corrected chi connectivity index (χ3v) is 4.02. The van der Waals surface area contributed by atoms with Crippen molar-refractivity contribution in [2.45, 2.75) is 26.9 Å². The maximum Gasteiger partial charge on any atom is 0.222 e. The Kier molecular flexibility index (Phi) is 5.76. The van der Waals surface area contributed by atoms with Crippen LogP contribution in [0.5, 0.6) is 0 Å². The second kappa shape index (κ2) is 7.57. The molecule has 1 heterocycles. The number of hydrogen-bond acceptors (Lipinski definition) is 3. The standard InChI is InChI=1S/C17H27N3O/c1-14(2)17(21)18-12-15-4-6-16(7-5-15)13-20-10-8-19(3)9-11-20/h4-7,14H,8-13H2,1-3H3,(H,18,21). The largest absolute Gasteiger partial charge is 0.352 e. The fourth-order valence-electron chi connectivity index (χ4n) is 2.42. The highest BCUT2D eigenvalue weighted by Crippen LogP contribution is 2.10. The van der Waals surface area contributed by atoms with Crippen molar-refractivity contribution in [3.63, 3.8) is 0 Å². The number of piperazine rings is 1. The summed E-state index contributed by atoms with van der Waals surface area (Å²) in [5, 5.41) is 2.95. The summed E-state index contributed by atoms with van der Waals surface area (Å²) in [6.07, 6.45) is 0. The molecule has 0 unspecified atom stereocenters. The van der Waals surface area contributed by atoms with Crippen LogP contribution in [0.3, 0.4) is 0 Å². The normalized spacial score (nSPS) is 17.1. The minimum Gasteiger partial charge on any atom is -0.352 e. The summed E-state index contributed by atoms with van der Waals surface area (Å²) in [4.78, 5) is 16.4. The van der Waals surface area contributed by atoms with Gasteiger partial charge in [0.25, 0.3) is 0 Å². The van der Waals surface area contributed by atoms with Gasteiger partial charge < -0.3 is 10.2 Å². The first-order chi connectivity index (χ1) is 10.0. The van der Waals surface area contributed by atoms with Gasteiger partial charge in [0, 0.05) is 45.2 Å². The Morgan fingerprint density at radius 1 is 1.10 bits per heavy atom. The fraction of sp³-hybridized carbons (Fsp3) is 0.588. The van der Waals surface area contributed by atoms with E-state index in [0.29, 0.717) is 6.54 Å². The smallest absolute Gasteiger partial charge is 0.222 e.